The third-order valence-corrected chi connectivity index (χ3v) is 12.4. The topological polar surface area (TPSA) is 0 Å². The molecule has 0 N–H and O–H groups in total. The van der Waals surface area contributed by atoms with Gasteiger partial charge in [0.1, 0.15) is 0 Å². The highest BCUT2D eigenvalue weighted by molar-refractivity contribution is 14.2. The minimum atomic E-state index is -1.25. The number of allylic oxidation sites excluding steroid dienone is 12. The Morgan fingerprint density at radius 2 is 1.12 bits per heavy atom. The number of hydrogen-bond donors (Lipinski definition) is 0. The van der Waals surface area contributed by atoms with Gasteiger partial charge in [-0.05, 0) is 9.82 Å². The lowest BCUT2D eigenvalue weighted by Gasteiger charge is -2.30. The second-order valence-electron chi connectivity index (χ2n) is 4.35. The average molecular weight is 352 g/mol. The SMILES string of the molecule is IP(=C1C=CC=C1)(C1C=CC=C1)C1C=CC=C1. The molecule has 0 spiro atoms. The van der Waals surface area contributed by atoms with Gasteiger partial charge in [-0.25, -0.2) is 0 Å². The summed E-state index contributed by atoms with van der Waals surface area (Å²) < 4.78 is -1.25. The van der Waals surface area contributed by atoms with Gasteiger partial charge in [0, 0.05) is 11.3 Å². The molecule has 0 amide bonds. The zero-order valence-electron chi connectivity index (χ0n) is 9.41. The highest BCUT2D eigenvalue weighted by Gasteiger charge is 2.32. The minimum absolute atomic E-state index is 0.586. The van der Waals surface area contributed by atoms with Gasteiger partial charge in [-0.15, -0.1) is 0 Å². The van der Waals surface area contributed by atoms with Crippen molar-refractivity contribution in [3.8, 4) is 0 Å². The first kappa shape index (κ1) is 11.6. The highest BCUT2D eigenvalue weighted by Crippen LogP contribution is 2.68. The Balaban J connectivity index is 2.16. The van der Waals surface area contributed by atoms with Crippen LogP contribution in [0.3, 0.4) is 0 Å². The smallest absolute Gasteiger partial charge is 0.0253 e. The molecule has 3 aliphatic carbocycles. The number of rotatable bonds is 2. The maximum Gasteiger partial charge on any atom is 0.0253 e. The van der Waals surface area contributed by atoms with E-state index in [2.05, 4.69) is 95.0 Å². The van der Waals surface area contributed by atoms with Crippen LogP contribution in [0.2, 0.25) is 0 Å². The van der Waals surface area contributed by atoms with Gasteiger partial charge in [0.05, 0.1) is 0 Å². The van der Waals surface area contributed by atoms with Crippen LogP contribution < -0.4 is 0 Å². The lowest BCUT2D eigenvalue weighted by atomic mass is 10.4. The first-order chi connectivity index (χ1) is 8.32. The Kier molecular flexibility index (Phi) is 3.14. The van der Waals surface area contributed by atoms with E-state index in [1.54, 1.807) is 0 Å². The van der Waals surface area contributed by atoms with Crippen LogP contribution in [0.25, 0.3) is 0 Å². The third-order valence-electron chi connectivity index (χ3n) is 3.36. The van der Waals surface area contributed by atoms with Crippen molar-refractivity contribution in [1.82, 2.24) is 0 Å². The fraction of sp³-hybridized carbons (Fsp3) is 0.133. The molecule has 0 aromatic carbocycles. The molecule has 0 saturated carbocycles. The van der Waals surface area contributed by atoms with Gasteiger partial charge in [0.25, 0.3) is 0 Å². The Labute approximate surface area is 116 Å². The number of hydrogen-bond acceptors (Lipinski definition) is 0. The predicted octanol–water partition coefficient (Wildman–Crippen LogP) is 4.64. The van der Waals surface area contributed by atoms with Gasteiger partial charge in [0.15, 0.2) is 0 Å². The summed E-state index contributed by atoms with van der Waals surface area (Å²) in [6.07, 6.45) is 27.1. The van der Waals surface area contributed by atoms with Gasteiger partial charge in [-0.3, -0.25) is 0 Å². The van der Waals surface area contributed by atoms with Crippen LogP contribution in [-0.4, -0.2) is 16.6 Å². The van der Waals surface area contributed by atoms with Crippen LogP contribution in [0, 0.1) is 0 Å². The molecule has 86 valence electrons. The molecular weight excluding hydrogens is 338 g/mol. The van der Waals surface area contributed by atoms with E-state index in [1.807, 2.05) is 0 Å². The van der Waals surface area contributed by atoms with Crippen molar-refractivity contribution in [3.63, 3.8) is 0 Å². The first-order valence-electron chi connectivity index (χ1n) is 5.82. The molecule has 2 heteroatoms. The van der Waals surface area contributed by atoms with Gasteiger partial charge >= 0.3 is 0 Å². The minimum Gasteiger partial charge on any atom is -0.0726 e. The largest absolute Gasteiger partial charge is 0.0726 e. The second-order valence-corrected chi connectivity index (χ2v) is 12.2. The van der Waals surface area contributed by atoms with E-state index >= 15 is 0 Å². The molecule has 3 rings (SSSR count). The zero-order chi connectivity index (χ0) is 11.7. The van der Waals surface area contributed by atoms with Crippen LogP contribution in [-0.2, 0) is 0 Å². The molecule has 3 aliphatic rings. The summed E-state index contributed by atoms with van der Waals surface area (Å²) in [6.45, 7) is 0. The molecule has 0 saturated heterocycles. The van der Waals surface area contributed by atoms with E-state index in [0.717, 1.165) is 0 Å². The van der Waals surface area contributed by atoms with Crippen molar-refractivity contribution in [1.29, 1.82) is 0 Å². The summed E-state index contributed by atoms with van der Waals surface area (Å²) in [5, 5.41) is 1.53. The first-order valence-corrected chi connectivity index (χ1v) is 10.5. The molecule has 0 atom stereocenters. The summed E-state index contributed by atoms with van der Waals surface area (Å²) in [5.41, 5.74) is 1.17. The molecule has 0 aliphatic heterocycles. The highest BCUT2D eigenvalue weighted by atomic mass is 127. The normalized spacial score (nSPS) is 22.8. The molecule has 0 nitrogen and oxygen atoms in total. The summed E-state index contributed by atoms with van der Waals surface area (Å²) in [6, 6.07) is 0. The molecule has 0 fully saturated rings. The molecule has 0 bridgehead atoms. The fourth-order valence-electron chi connectivity index (χ4n) is 2.48. The zero-order valence-corrected chi connectivity index (χ0v) is 12.5. The Morgan fingerprint density at radius 3 is 1.53 bits per heavy atom. The Bertz CT molecular complexity index is 485. The summed E-state index contributed by atoms with van der Waals surface area (Å²) >= 11 is 2.75. The second kappa shape index (κ2) is 4.62. The van der Waals surface area contributed by atoms with Crippen LogP contribution in [0.15, 0.2) is 72.9 Å². The van der Waals surface area contributed by atoms with Crippen molar-refractivity contribution in [3.05, 3.63) is 72.9 Å². The van der Waals surface area contributed by atoms with Crippen molar-refractivity contribution in [2.24, 2.45) is 0 Å². The summed E-state index contributed by atoms with van der Waals surface area (Å²) in [7, 11) is 0. The molecule has 0 radical (unpaired) electrons. The average Bonchev–Trinajstić information content (AvgIpc) is 3.10. The lowest BCUT2D eigenvalue weighted by Crippen LogP contribution is -2.11. The van der Waals surface area contributed by atoms with E-state index in [9.17, 15) is 0 Å². The van der Waals surface area contributed by atoms with Crippen LogP contribution in [0.4, 0.5) is 0 Å². The van der Waals surface area contributed by atoms with Gasteiger partial charge < -0.3 is 0 Å². The molecular formula is C15H14IP. The van der Waals surface area contributed by atoms with Crippen LogP contribution in [0.1, 0.15) is 0 Å². The quantitative estimate of drug-likeness (QED) is 0.502. The molecule has 17 heavy (non-hydrogen) atoms. The van der Waals surface area contributed by atoms with E-state index in [-0.39, 0.29) is 0 Å². The van der Waals surface area contributed by atoms with Crippen molar-refractivity contribution < 1.29 is 0 Å². The Morgan fingerprint density at radius 1 is 0.706 bits per heavy atom. The van der Waals surface area contributed by atoms with E-state index in [0.29, 0.717) is 11.3 Å². The van der Waals surface area contributed by atoms with Crippen molar-refractivity contribution >= 4 is 31.9 Å². The van der Waals surface area contributed by atoms with Gasteiger partial charge in [-0.1, -0.05) is 95.0 Å². The van der Waals surface area contributed by atoms with Crippen molar-refractivity contribution in [2.45, 2.75) is 11.3 Å². The third kappa shape index (κ3) is 1.90. The van der Waals surface area contributed by atoms with Gasteiger partial charge in [0.2, 0.25) is 0 Å². The van der Waals surface area contributed by atoms with Crippen LogP contribution in [0.5, 0.6) is 0 Å². The van der Waals surface area contributed by atoms with E-state index < -0.39 is 4.53 Å². The van der Waals surface area contributed by atoms with E-state index in [1.165, 1.54) is 5.29 Å². The summed E-state index contributed by atoms with van der Waals surface area (Å²) in [4.78, 5) is 0. The van der Waals surface area contributed by atoms with Crippen molar-refractivity contribution in [2.75, 3.05) is 0 Å². The summed E-state index contributed by atoms with van der Waals surface area (Å²) in [5.74, 6) is 0. The monoisotopic (exact) mass is 352 g/mol. The Hall–Kier alpha value is -0.530. The van der Waals surface area contributed by atoms with Crippen LogP contribution >= 0.6 is 26.6 Å². The van der Waals surface area contributed by atoms with E-state index in [4.69, 9.17) is 0 Å². The fourth-order valence-corrected chi connectivity index (χ4v) is 8.78. The molecule has 0 unspecified atom stereocenters. The standard InChI is InChI=1S/C15H14IP/c16-17(13-7-1-2-8-13,14-9-3-4-10-14)15-11-5-6-12-15/h1-14H. The molecule has 0 heterocycles. The van der Waals surface area contributed by atoms with Gasteiger partial charge in [-0.2, -0.15) is 0 Å². The predicted molar refractivity (Wildman–Crippen MR) is 88.4 cm³/mol. The number of halogens is 1. The lowest BCUT2D eigenvalue weighted by molar-refractivity contribution is 1.35. The maximum atomic E-state index is 2.75. The maximum absolute atomic E-state index is 2.75. The molecule has 0 aromatic rings. The molecule has 0 aromatic heterocycles.